The summed E-state index contributed by atoms with van der Waals surface area (Å²) in [6.07, 6.45) is 0. The molecule has 122 valence electrons. The topological polar surface area (TPSA) is 77.2 Å². The van der Waals surface area contributed by atoms with E-state index >= 15 is 0 Å². The molecule has 0 radical (unpaired) electrons. The molecule has 6 heteroatoms. The van der Waals surface area contributed by atoms with Crippen molar-refractivity contribution in [2.45, 2.75) is 13.2 Å². The second-order valence-electron chi connectivity index (χ2n) is 5.12. The average molecular weight is 323 g/mol. The van der Waals surface area contributed by atoms with Crippen molar-refractivity contribution in [2.75, 3.05) is 6.61 Å². The number of benzene rings is 2. The zero-order chi connectivity index (χ0) is 16.6. The predicted octanol–water partition coefficient (Wildman–Crippen LogP) is 2.57. The van der Waals surface area contributed by atoms with Gasteiger partial charge in [-0.1, -0.05) is 48.5 Å². The number of carbonyl (C=O) groups excluding carboxylic acids is 1. The first-order valence-corrected chi connectivity index (χ1v) is 7.57. The number of aromatic nitrogens is 2. The number of nitrogens with one attached hydrogen (secondary N) is 1. The molecule has 24 heavy (non-hydrogen) atoms. The Labute approximate surface area is 139 Å². The van der Waals surface area contributed by atoms with Gasteiger partial charge in [0, 0.05) is 5.56 Å². The van der Waals surface area contributed by atoms with Crippen molar-refractivity contribution in [3.63, 3.8) is 0 Å². The van der Waals surface area contributed by atoms with E-state index in [0.717, 1.165) is 11.1 Å². The Morgan fingerprint density at radius 3 is 2.46 bits per heavy atom. The van der Waals surface area contributed by atoms with Crippen molar-refractivity contribution >= 4 is 5.91 Å². The first kappa shape index (κ1) is 15.9. The molecule has 0 spiro atoms. The smallest absolute Gasteiger partial charge is 0.247 e. The summed E-state index contributed by atoms with van der Waals surface area (Å²) in [4.78, 5) is 11.8. The van der Waals surface area contributed by atoms with Crippen LogP contribution in [0.25, 0.3) is 11.5 Å². The van der Waals surface area contributed by atoms with Crippen LogP contribution in [0.4, 0.5) is 0 Å². The Bertz CT molecular complexity index is 772. The van der Waals surface area contributed by atoms with E-state index < -0.39 is 0 Å². The monoisotopic (exact) mass is 323 g/mol. The van der Waals surface area contributed by atoms with Crippen LogP contribution in [0.15, 0.2) is 65.1 Å². The summed E-state index contributed by atoms with van der Waals surface area (Å²) in [7, 11) is 0. The molecule has 1 heterocycles. The summed E-state index contributed by atoms with van der Waals surface area (Å²) in [5.74, 6) is 0.552. The molecular formula is C18H17N3O3. The van der Waals surface area contributed by atoms with E-state index in [0.29, 0.717) is 18.4 Å². The maximum Gasteiger partial charge on any atom is 0.247 e. The number of carbonyl (C=O) groups is 1. The molecule has 1 N–H and O–H groups in total. The molecule has 0 unspecified atom stereocenters. The third-order valence-corrected chi connectivity index (χ3v) is 3.27. The summed E-state index contributed by atoms with van der Waals surface area (Å²) in [5.41, 5.74) is 1.86. The highest BCUT2D eigenvalue weighted by Gasteiger charge is 2.09. The maximum atomic E-state index is 11.8. The molecular weight excluding hydrogens is 306 g/mol. The number of nitrogens with zero attached hydrogens (tertiary/aromatic N) is 2. The average Bonchev–Trinajstić information content (AvgIpc) is 3.11. The summed E-state index contributed by atoms with van der Waals surface area (Å²) in [6, 6.07) is 19.2. The van der Waals surface area contributed by atoms with E-state index in [2.05, 4.69) is 15.5 Å². The van der Waals surface area contributed by atoms with E-state index in [9.17, 15) is 4.79 Å². The normalized spacial score (nSPS) is 10.5. The molecule has 0 saturated heterocycles. The van der Waals surface area contributed by atoms with E-state index in [-0.39, 0.29) is 19.1 Å². The minimum atomic E-state index is -0.231. The van der Waals surface area contributed by atoms with Crippen molar-refractivity contribution in [3.8, 4) is 11.5 Å². The van der Waals surface area contributed by atoms with Gasteiger partial charge in [0.15, 0.2) is 0 Å². The van der Waals surface area contributed by atoms with E-state index in [1.54, 1.807) is 0 Å². The van der Waals surface area contributed by atoms with Crippen LogP contribution in [0.3, 0.4) is 0 Å². The fourth-order valence-corrected chi connectivity index (χ4v) is 2.08. The second-order valence-corrected chi connectivity index (χ2v) is 5.12. The molecule has 0 saturated carbocycles. The minimum absolute atomic E-state index is 0.0193. The Balaban J connectivity index is 1.42. The van der Waals surface area contributed by atoms with Gasteiger partial charge < -0.3 is 14.5 Å². The lowest BCUT2D eigenvalue weighted by molar-refractivity contribution is -0.126. The molecule has 3 aromatic rings. The van der Waals surface area contributed by atoms with E-state index in [1.165, 1.54) is 0 Å². The highest BCUT2D eigenvalue weighted by Crippen LogP contribution is 2.16. The van der Waals surface area contributed by atoms with Crippen LogP contribution in [-0.2, 0) is 22.7 Å². The van der Waals surface area contributed by atoms with Crippen molar-refractivity contribution in [3.05, 3.63) is 72.1 Å². The summed E-state index contributed by atoms with van der Waals surface area (Å²) >= 11 is 0. The quantitative estimate of drug-likeness (QED) is 0.723. The lowest BCUT2D eigenvalue weighted by Crippen LogP contribution is -2.27. The van der Waals surface area contributed by atoms with E-state index in [4.69, 9.17) is 9.15 Å². The first-order valence-electron chi connectivity index (χ1n) is 7.57. The molecule has 1 amide bonds. The molecule has 3 rings (SSSR count). The van der Waals surface area contributed by atoms with Gasteiger partial charge in [0.25, 0.3) is 0 Å². The van der Waals surface area contributed by atoms with Gasteiger partial charge in [-0.2, -0.15) is 0 Å². The number of amides is 1. The number of ether oxygens (including phenoxy) is 1. The van der Waals surface area contributed by atoms with Gasteiger partial charge in [-0.05, 0) is 17.7 Å². The van der Waals surface area contributed by atoms with Crippen molar-refractivity contribution in [1.29, 1.82) is 0 Å². The van der Waals surface area contributed by atoms with Crippen LogP contribution in [0.2, 0.25) is 0 Å². The van der Waals surface area contributed by atoms with Gasteiger partial charge in [-0.25, -0.2) is 0 Å². The number of rotatable bonds is 7. The van der Waals surface area contributed by atoms with Crippen LogP contribution < -0.4 is 5.32 Å². The third-order valence-electron chi connectivity index (χ3n) is 3.27. The predicted molar refractivity (Wildman–Crippen MR) is 87.7 cm³/mol. The van der Waals surface area contributed by atoms with Crippen molar-refractivity contribution in [1.82, 2.24) is 15.5 Å². The van der Waals surface area contributed by atoms with Gasteiger partial charge >= 0.3 is 0 Å². The maximum absolute atomic E-state index is 11.8. The Kier molecular flexibility index (Phi) is 5.32. The van der Waals surface area contributed by atoms with Gasteiger partial charge in [0.2, 0.25) is 17.7 Å². The largest absolute Gasteiger partial charge is 0.419 e. The summed E-state index contributed by atoms with van der Waals surface area (Å²) in [5, 5.41) is 10.6. The lowest BCUT2D eigenvalue weighted by atomic mass is 10.2. The minimum Gasteiger partial charge on any atom is -0.419 e. The van der Waals surface area contributed by atoms with Gasteiger partial charge in [-0.3, -0.25) is 4.79 Å². The molecule has 0 aliphatic rings. The molecule has 6 nitrogen and oxygen atoms in total. The Hall–Kier alpha value is -2.99. The lowest BCUT2D eigenvalue weighted by Gasteiger charge is -2.04. The molecule has 0 aliphatic heterocycles. The van der Waals surface area contributed by atoms with Gasteiger partial charge in [0.05, 0.1) is 13.2 Å². The fourth-order valence-electron chi connectivity index (χ4n) is 2.08. The van der Waals surface area contributed by atoms with Gasteiger partial charge in [0.1, 0.15) is 6.61 Å². The van der Waals surface area contributed by atoms with E-state index in [1.807, 2.05) is 60.7 Å². The van der Waals surface area contributed by atoms with Crippen molar-refractivity contribution in [2.24, 2.45) is 0 Å². The highest BCUT2D eigenvalue weighted by atomic mass is 16.5. The van der Waals surface area contributed by atoms with Crippen LogP contribution in [0, 0.1) is 0 Å². The first-order chi connectivity index (χ1) is 11.8. The van der Waals surface area contributed by atoms with Crippen LogP contribution >= 0.6 is 0 Å². The second kappa shape index (κ2) is 8.03. The summed E-state index contributed by atoms with van der Waals surface area (Å²) in [6.45, 7) is 0.551. The fraction of sp³-hybridized carbons (Fsp3) is 0.167. The summed E-state index contributed by atoms with van der Waals surface area (Å²) < 4.78 is 10.9. The highest BCUT2D eigenvalue weighted by molar-refractivity contribution is 5.77. The Morgan fingerprint density at radius 2 is 1.71 bits per heavy atom. The molecule has 0 atom stereocenters. The number of hydrogen-bond donors (Lipinski definition) is 1. The van der Waals surface area contributed by atoms with Crippen LogP contribution in [0.5, 0.6) is 0 Å². The molecule has 0 bridgehead atoms. The number of hydrogen-bond acceptors (Lipinski definition) is 5. The zero-order valence-corrected chi connectivity index (χ0v) is 13.0. The molecule has 0 fully saturated rings. The third kappa shape index (κ3) is 4.50. The van der Waals surface area contributed by atoms with Gasteiger partial charge in [-0.15, -0.1) is 10.2 Å². The SMILES string of the molecule is O=C(COCc1ccccc1)NCc1nnc(-c2ccccc2)o1. The van der Waals surface area contributed by atoms with Crippen LogP contribution in [-0.4, -0.2) is 22.7 Å². The molecule has 1 aromatic heterocycles. The zero-order valence-electron chi connectivity index (χ0n) is 13.0. The van der Waals surface area contributed by atoms with Crippen LogP contribution in [0.1, 0.15) is 11.5 Å². The van der Waals surface area contributed by atoms with Crippen molar-refractivity contribution < 1.29 is 13.9 Å². The Morgan fingerprint density at radius 1 is 1.00 bits per heavy atom. The molecule has 2 aromatic carbocycles. The standard InChI is InChI=1S/C18H17N3O3/c22-16(13-23-12-14-7-3-1-4-8-14)19-11-17-20-21-18(24-17)15-9-5-2-6-10-15/h1-10H,11-13H2,(H,19,22). The molecule has 0 aliphatic carbocycles.